The van der Waals surface area contributed by atoms with E-state index in [0.717, 1.165) is 45.3 Å². The van der Waals surface area contributed by atoms with Gasteiger partial charge in [-0.2, -0.15) is 0 Å². The first-order valence-corrected chi connectivity index (χ1v) is 10.8. The predicted molar refractivity (Wildman–Crippen MR) is 102 cm³/mol. The zero-order valence-electron chi connectivity index (χ0n) is 16.5. The Kier molecular flexibility index (Phi) is 5.43. The summed E-state index contributed by atoms with van der Waals surface area (Å²) in [6, 6.07) is 0. The summed E-state index contributed by atoms with van der Waals surface area (Å²) in [5.74, 6) is 0.363. The van der Waals surface area contributed by atoms with E-state index in [-0.39, 0.29) is 29.7 Å². The average Bonchev–Trinajstić information content (AvgIpc) is 3.14. The van der Waals surface area contributed by atoms with Crippen LogP contribution in [0.5, 0.6) is 0 Å². The third-order valence-electron chi connectivity index (χ3n) is 7.14. The van der Waals surface area contributed by atoms with Crippen LogP contribution in [0.2, 0.25) is 0 Å². The molecule has 4 rings (SSSR count). The average molecular weight is 362 g/mol. The smallest absolute Gasteiger partial charge is 0.311 e. The number of fused-ring (bicyclic) bond motifs is 3. The Bertz CT molecular complexity index is 552. The van der Waals surface area contributed by atoms with E-state index in [2.05, 4.69) is 24.8 Å². The zero-order valence-corrected chi connectivity index (χ0v) is 16.5. The lowest BCUT2D eigenvalue weighted by molar-refractivity contribution is -0.145. The SMILES string of the molecule is CC1=CCC[C@@]2(C)O[C@H]2[C@H]2OC(=O)[C@@H](CN3CCCCCCC3)[C@@H]2CC1. The summed E-state index contributed by atoms with van der Waals surface area (Å²) in [6.45, 7) is 7.58. The van der Waals surface area contributed by atoms with Crippen molar-refractivity contribution in [1.29, 1.82) is 0 Å². The van der Waals surface area contributed by atoms with Crippen LogP contribution >= 0.6 is 0 Å². The molecule has 3 fully saturated rings. The quantitative estimate of drug-likeness (QED) is 0.422. The van der Waals surface area contributed by atoms with Crippen molar-refractivity contribution in [2.45, 2.75) is 89.4 Å². The molecular formula is C22H35NO3. The normalized spacial score (nSPS) is 41.9. The molecule has 0 bridgehead atoms. The van der Waals surface area contributed by atoms with Gasteiger partial charge in [0.15, 0.2) is 0 Å². The molecule has 0 aromatic rings. The van der Waals surface area contributed by atoms with E-state index in [9.17, 15) is 4.79 Å². The molecule has 0 N–H and O–H groups in total. The van der Waals surface area contributed by atoms with Crippen LogP contribution in [0.1, 0.15) is 71.6 Å². The molecule has 4 aliphatic rings. The predicted octanol–water partition coefficient (Wildman–Crippen LogP) is 4.09. The fraction of sp³-hybridized carbons (Fsp3) is 0.864. The molecule has 0 spiro atoms. The Morgan fingerprint density at radius 3 is 2.69 bits per heavy atom. The Labute approximate surface area is 158 Å². The first-order chi connectivity index (χ1) is 12.6. The van der Waals surface area contributed by atoms with Crippen LogP contribution in [-0.4, -0.2) is 48.3 Å². The van der Waals surface area contributed by atoms with Gasteiger partial charge < -0.3 is 14.4 Å². The second kappa shape index (κ2) is 7.63. The zero-order chi connectivity index (χ0) is 18.1. The molecule has 3 heterocycles. The first-order valence-electron chi connectivity index (χ1n) is 10.8. The number of epoxide rings is 1. The van der Waals surface area contributed by atoms with Gasteiger partial charge in [-0.05, 0) is 65.5 Å². The topological polar surface area (TPSA) is 42.1 Å². The van der Waals surface area contributed by atoms with Crippen molar-refractivity contribution in [3.8, 4) is 0 Å². The van der Waals surface area contributed by atoms with E-state index in [1.54, 1.807) is 0 Å². The minimum atomic E-state index is -0.0905. The van der Waals surface area contributed by atoms with Crippen LogP contribution in [-0.2, 0) is 14.3 Å². The van der Waals surface area contributed by atoms with Gasteiger partial charge in [0.05, 0.1) is 11.5 Å². The standard InChI is InChI=1S/C22H35NO3/c1-16-9-8-12-22(2)20(26-22)19-17(11-10-16)18(21(24)25-19)15-23-13-6-4-3-5-7-14-23/h9,17-20H,3-8,10-15H2,1-2H3/t17-,18-,19-,20-,22+/m0/s1. The molecule has 0 aromatic heterocycles. The van der Waals surface area contributed by atoms with Gasteiger partial charge in [0, 0.05) is 12.5 Å². The Morgan fingerprint density at radius 2 is 1.92 bits per heavy atom. The van der Waals surface area contributed by atoms with Gasteiger partial charge in [0.2, 0.25) is 0 Å². The molecule has 4 heteroatoms. The summed E-state index contributed by atoms with van der Waals surface area (Å²) in [5, 5.41) is 0. The third-order valence-corrected chi connectivity index (χ3v) is 7.14. The molecule has 0 saturated carbocycles. The second-order valence-corrected chi connectivity index (χ2v) is 9.22. The summed E-state index contributed by atoms with van der Waals surface area (Å²) in [4.78, 5) is 15.3. The highest BCUT2D eigenvalue weighted by Gasteiger charge is 2.62. The molecule has 3 saturated heterocycles. The minimum Gasteiger partial charge on any atom is -0.459 e. The molecule has 0 aromatic carbocycles. The number of allylic oxidation sites excluding steroid dienone is 2. The number of esters is 1. The van der Waals surface area contributed by atoms with Crippen molar-refractivity contribution in [2.75, 3.05) is 19.6 Å². The van der Waals surface area contributed by atoms with Crippen molar-refractivity contribution in [1.82, 2.24) is 4.90 Å². The number of hydrogen-bond acceptors (Lipinski definition) is 4. The summed E-state index contributed by atoms with van der Waals surface area (Å²) in [7, 11) is 0. The van der Waals surface area contributed by atoms with E-state index < -0.39 is 0 Å². The first kappa shape index (κ1) is 18.5. The molecular weight excluding hydrogens is 326 g/mol. The van der Waals surface area contributed by atoms with Crippen molar-refractivity contribution >= 4 is 5.97 Å². The van der Waals surface area contributed by atoms with Gasteiger partial charge >= 0.3 is 5.97 Å². The fourth-order valence-corrected chi connectivity index (χ4v) is 5.32. The largest absolute Gasteiger partial charge is 0.459 e. The van der Waals surface area contributed by atoms with Crippen LogP contribution in [0.3, 0.4) is 0 Å². The lowest BCUT2D eigenvalue weighted by Gasteiger charge is -2.29. The summed E-state index contributed by atoms with van der Waals surface area (Å²) >= 11 is 0. The molecule has 5 atom stereocenters. The molecule has 146 valence electrons. The lowest BCUT2D eigenvalue weighted by Crippen LogP contribution is -2.38. The second-order valence-electron chi connectivity index (χ2n) is 9.22. The molecule has 1 aliphatic carbocycles. The maximum atomic E-state index is 12.8. The van der Waals surface area contributed by atoms with Gasteiger partial charge in [-0.25, -0.2) is 0 Å². The van der Waals surface area contributed by atoms with Gasteiger partial charge in [0.25, 0.3) is 0 Å². The Balaban J connectivity index is 1.49. The van der Waals surface area contributed by atoms with Crippen LogP contribution in [0.4, 0.5) is 0 Å². The number of likely N-dealkylation sites (tertiary alicyclic amines) is 1. The van der Waals surface area contributed by atoms with E-state index in [1.165, 1.54) is 37.7 Å². The van der Waals surface area contributed by atoms with Crippen LogP contribution in [0.25, 0.3) is 0 Å². The van der Waals surface area contributed by atoms with Crippen molar-refractivity contribution in [2.24, 2.45) is 11.8 Å². The Hall–Kier alpha value is -0.870. The molecule has 4 nitrogen and oxygen atoms in total. The van der Waals surface area contributed by atoms with E-state index in [4.69, 9.17) is 9.47 Å². The highest BCUT2D eigenvalue weighted by Crippen LogP contribution is 2.50. The molecule has 0 radical (unpaired) electrons. The van der Waals surface area contributed by atoms with Crippen LogP contribution < -0.4 is 0 Å². The van der Waals surface area contributed by atoms with Crippen molar-refractivity contribution in [3.63, 3.8) is 0 Å². The maximum Gasteiger partial charge on any atom is 0.311 e. The van der Waals surface area contributed by atoms with Gasteiger partial charge in [-0.15, -0.1) is 0 Å². The highest BCUT2D eigenvalue weighted by atomic mass is 16.6. The number of ether oxygens (including phenoxy) is 2. The van der Waals surface area contributed by atoms with Gasteiger partial charge in [-0.3, -0.25) is 4.79 Å². The van der Waals surface area contributed by atoms with E-state index in [0.29, 0.717) is 5.92 Å². The number of rotatable bonds is 2. The molecule has 3 aliphatic heterocycles. The summed E-state index contributed by atoms with van der Waals surface area (Å²) in [5.41, 5.74) is 1.36. The van der Waals surface area contributed by atoms with Crippen LogP contribution in [0, 0.1) is 11.8 Å². The summed E-state index contributed by atoms with van der Waals surface area (Å²) < 4.78 is 12.0. The number of nitrogens with zero attached hydrogens (tertiary/aromatic N) is 1. The van der Waals surface area contributed by atoms with Crippen molar-refractivity contribution < 1.29 is 14.3 Å². The van der Waals surface area contributed by atoms with Gasteiger partial charge in [-0.1, -0.05) is 30.9 Å². The monoisotopic (exact) mass is 361 g/mol. The molecule has 26 heavy (non-hydrogen) atoms. The molecule has 0 amide bonds. The highest BCUT2D eigenvalue weighted by molar-refractivity contribution is 5.75. The van der Waals surface area contributed by atoms with Crippen molar-refractivity contribution in [3.05, 3.63) is 11.6 Å². The number of carbonyl (C=O) groups excluding carboxylic acids is 1. The lowest BCUT2D eigenvalue weighted by atomic mass is 9.80. The summed E-state index contributed by atoms with van der Waals surface area (Å²) in [6.07, 6.45) is 13.2. The van der Waals surface area contributed by atoms with Gasteiger partial charge in [0.1, 0.15) is 12.2 Å². The Morgan fingerprint density at radius 1 is 1.19 bits per heavy atom. The third kappa shape index (κ3) is 3.87. The number of hydrogen-bond donors (Lipinski definition) is 0. The van der Waals surface area contributed by atoms with E-state index >= 15 is 0 Å². The fourth-order valence-electron chi connectivity index (χ4n) is 5.32. The minimum absolute atomic E-state index is 0.0279. The maximum absolute atomic E-state index is 12.8. The molecule has 0 unspecified atom stereocenters. The van der Waals surface area contributed by atoms with E-state index in [1.807, 2.05) is 0 Å². The van der Waals surface area contributed by atoms with Crippen LogP contribution in [0.15, 0.2) is 11.6 Å². The number of carbonyl (C=O) groups is 1.